The molecule has 1 fully saturated rings. The molecule has 1 aliphatic heterocycles. The summed E-state index contributed by atoms with van der Waals surface area (Å²) in [5.41, 5.74) is -0.0121. The van der Waals surface area contributed by atoms with Crippen LogP contribution in [0, 0.1) is 0 Å². The van der Waals surface area contributed by atoms with Gasteiger partial charge in [-0.25, -0.2) is 9.78 Å². The Labute approximate surface area is 114 Å². The number of imidazole rings is 1. The van der Waals surface area contributed by atoms with Crippen LogP contribution in [0.15, 0.2) is 9.59 Å². The van der Waals surface area contributed by atoms with E-state index in [4.69, 9.17) is 0 Å². The quantitative estimate of drug-likeness (QED) is 0.657. The Hall–Kier alpha value is -1.93. The second-order valence-corrected chi connectivity index (χ2v) is 4.91. The molecule has 3 heterocycles. The Morgan fingerprint density at radius 2 is 1.95 bits per heavy atom. The maximum absolute atomic E-state index is 11.8. The number of nitrogens with one attached hydrogen (secondary N) is 3. The van der Waals surface area contributed by atoms with Gasteiger partial charge < -0.3 is 10.3 Å². The first-order valence-electron chi connectivity index (χ1n) is 6.84. The summed E-state index contributed by atoms with van der Waals surface area (Å²) in [7, 11) is 0. The summed E-state index contributed by atoms with van der Waals surface area (Å²) in [5, 5.41) is 3.29. The van der Waals surface area contributed by atoms with Crippen LogP contribution in [-0.2, 0) is 13.1 Å². The van der Waals surface area contributed by atoms with E-state index in [1.54, 1.807) is 0 Å². The fourth-order valence-electron chi connectivity index (χ4n) is 2.54. The number of nitrogens with zero attached hydrogens (tertiary/aromatic N) is 3. The number of rotatable bonds is 3. The highest BCUT2D eigenvalue weighted by molar-refractivity contribution is 5.69. The highest BCUT2D eigenvalue weighted by atomic mass is 16.2. The fraction of sp³-hybridized carbons (Fsp3) is 0.583. The Balaban J connectivity index is 1.99. The van der Waals surface area contributed by atoms with Crippen molar-refractivity contribution in [2.24, 2.45) is 0 Å². The molecule has 0 aromatic carbocycles. The zero-order valence-corrected chi connectivity index (χ0v) is 11.4. The molecule has 0 radical (unpaired) electrons. The number of hydrogen-bond donors (Lipinski definition) is 3. The number of aromatic nitrogens is 4. The van der Waals surface area contributed by atoms with E-state index in [9.17, 15) is 9.59 Å². The normalized spacial score (nSPS) is 16.9. The summed E-state index contributed by atoms with van der Waals surface area (Å²) in [6, 6.07) is 0. The number of fused-ring (bicyclic) bond motifs is 1. The lowest BCUT2D eigenvalue weighted by Crippen LogP contribution is -2.43. The van der Waals surface area contributed by atoms with E-state index in [0.29, 0.717) is 24.3 Å². The minimum atomic E-state index is -0.412. The predicted octanol–water partition coefficient (Wildman–Crippen LogP) is -1.16. The zero-order chi connectivity index (χ0) is 14.1. The van der Waals surface area contributed by atoms with Gasteiger partial charge in [-0.05, 0) is 6.92 Å². The van der Waals surface area contributed by atoms with Crippen molar-refractivity contribution in [3.05, 3.63) is 26.7 Å². The van der Waals surface area contributed by atoms with Gasteiger partial charge in [0.2, 0.25) is 0 Å². The molecule has 0 aliphatic carbocycles. The van der Waals surface area contributed by atoms with Crippen LogP contribution in [0.3, 0.4) is 0 Å². The molecular formula is C12H18N6O2. The average Bonchev–Trinajstić information content (AvgIpc) is 2.84. The second-order valence-electron chi connectivity index (χ2n) is 4.91. The lowest BCUT2D eigenvalue weighted by molar-refractivity contribution is 0.228. The molecule has 0 atom stereocenters. The van der Waals surface area contributed by atoms with Crippen molar-refractivity contribution in [3.8, 4) is 0 Å². The van der Waals surface area contributed by atoms with Crippen LogP contribution >= 0.6 is 0 Å². The van der Waals surface area contributed by atoms with Crippen LogP contribution in [-0.4, -0.2) is 50.6 Å². The molecule has 0 saturated carbocycles. The number of aromatic amines is 2. The third-order valence-corrected chi connectivity index (χ3v) is 3.58. The molecule has 0 amide bonds. The molecular weight excluding hydrogens is 260 g/mol. The summed E-state index contributed by atoms with van der Waals surface area (Å²) in [5.74, 6) is 0.722. The Morgan fingerprint density at radius 3 is 2.65 bits per heavy atom. The second kappa shape index (κ2) is 5.22. The van der Waals surface area contributed by atoms with E-state index in [-0.39, 0.29) is 0 Å². The first-order valence-corrected chi connectivity index (χ1v) is 6.84. The Morgan fingerprint density at radius 1 is 1.20 bits per heavy atom. The molecule has 0 spiro atoms. The van der Waals surface area contributed by atoms with E-state index in [2.05, 4.69) is 25.2 Å². The smallest absolute Gasteiger partial charge is 0.330 e. The van der Waals surface area contributed by atoms with Crippen molar-refractivity contribution >= 4 is 11.2 Å². The number of aryl methyl sites for hydroxylation is 1. The number of H-pyrrole nitrogens is 2. The fourth-order valence-corrected chi connectivity index (χ4v) is 2.54. The molecule has 108 valence electrons. The molecule has 2 aromatic rings. The Bertz CT molecular complexity index is 722. The van der Waals surface area contributed by atoms with Crippen LogP contribution in [0.4, 0.5) is 0 Å². The van der Waals surface area contributed by atoms with Gasteiger partial charge >= 0.3 is 5.69 Å². The van der Waals surface area contributed by atoms with Gasteiger partial charge in [0.25, 0.3) is 5.56 Å². The summed E-state index contributed by atoms with van der Waals surface area (Å²) < 4.78 is 1.47. The van der Waals surface area contributed by atoms with Crippen molar-refractivity contribution in [1.82, 2.24) is 29.7 Å². The lowest BCUT2D eigenvalue weighted by Gasteiger charge is -2.26. The molecule has 0 unspecified atom stereocenters. The maximum Gasteiger partial charge on any atom is 0.330 e. The largest absolute Gasteiger partial charge is 0.335 e. The first kappa shape index (κ1) is 13.1. The summed E-state index contributed by atoms with van der Waals surface area (Å²) in [4.78, 5) is 35.6. The van der Waals surface area contributed by atoms with E-state index < -0.39 is 11.2 Å². The van der Waals surface area contributed by atoms with Crippen LogP contribution in [0.1, 0.15) is 12.7 Å². The van der Waals surface area contributed by atoms with Crippen molar-refractivity contribution in [2.75, 3.05) is 26.2 Å². The highest BCUT2D eigenvalue weighted by Crippen LogP contribution is 2.07. The number of hydrogen-bond acceptors (Lipinski definition) is 5. The molecule has 8 nitrogen and oxygen atoms in total. The third-order valence-electron chi connectivity index (χ3n) is 3.58. The van der Waals surface area contributed by atoms with Crippen LogP contribution in [0.25, 0.3) is 11.2 Å². The van der Waals surface area contributed by atoms with Gasteiger partial charge in [-0.3, -0.25) is 19.2 Å². The summed E-state index contributed by atoms with van der Waals surface area (Å²) in [6.07, 6.45) is 0. The Kier molecular flexibility index (Phi) is 3.41. The number of piperazine rings is 1. The van der Waals surface area contributed by atoms with Gasteiger partial charge in [-0.1, -0.05) is 0 Å². The molecule has 2 aromatic heterocycles. The molecule has 3 N–H and O–H groups in total. The molecule has 8 heteroatoms. The monoisotopic (exact) mass is 278 g/mol. The molecule has 3 rings (SSSR count). The van der Waals surface area contributed by atoms with E-state index in [1.807, 2.05) is 6.92 Å². The van der Waals surface area contributed by atoms with Crippen LogP contribution < -0.4 is 16.6 Å². The minimum Gasteiger partial charge on any atom is -0.335 e. The topological polar surface area (TPSA) is 98.8 Å². The molecule has 1 aliphatic rings. The minimum absolute atomic E-state index is 0.372. The molecule has 1 saturated heterocycles. The standard InChI is InChI=1S/C12H18N6O2/c1-2-18-10-9(11(19)16-12(18)20)14-8(15-10)7-17-5-3-13-4-6-17/h13H,2-7H2,1H3,(H,14,15)(H,16,19,20). The van der Waals surface area contributed by atoms with Crippen molar-refractivity contribution < 1.29 is 0 Å². The SMILES string of the molecule is CCn1c(=O)[nH]c(=O)c2[nH]c(CN3CCNCC3)nc21. The van der Waals surface area contributed by atoms with Gasteiger partial charge in [-0.2, -0.15) is 0 Å². The van der Waals surface area contributed by atoms with Gasteiger partial charge in [0.1, 0.15) is 11.3 Å². The maximum atomic E-state index is 11.8. The summed E-state index contributed by atoms with van der Waals surface area (Å²) in [6.45, 7) is 6.81. The van der Waals surface area contributed by atoms with E-state index in [0.717, 1.165) is 32.0 Å². The van der Waals surface area contributed by atoms with E-state index >= 15 is 0 Å². The molecule has 0 bridgehead atoms. The van der Waals surface area contributed by atoms with Gasteiger partial charge in [0.15, 0.2) is 5.65 Å². The first-order chi connectivity index (χ1) is 9.69. The zero-order valence-electron chi connectivity index (χ0n) is 11.4. The van der Waals surface area contributed by atoms with Crippen molar-refractivity contribution in [3.63, 3.8) is 0 Å². The predicted molar refractivity (Wildman–Crippen MR) is 74.8 cm³/mol. The van der Waals surface area contributed by atoms with Gasteiger partial charge in [0, 0.05) is 32.7 Å². The van der Waals surface area contributed by atoms with Crippen LogP contribution in [0.2, 0.25) is 0 Å². The van der Waals surface area contributed by atoms with E-state index in [1.165, 1.54) is 4.57 Å². The third kappa shape index (κ3) is 2.27. The van der Waals surface area contributed by atoms with Gasteiger partial charge in [0.05, 0.1) is 6.54 Å². The van der Waals surface area contributed by atoms with Gasteiger partial charge in [-0.15, -0.1) is 0 Å². The van der Waals surface area contributed by atoms with Crippen LogP contribution in [0.5, 0.6) is 0 Å². The molecule has 20 heavy (non-hydrogen) atoms. The summed E-state index contributed by atoms with van der Waals surface area (Å²) >= 11 is 0. The average molecular weight is 278 g/mol. The lowest BCUT2D eigenvalue weighted by atomic mass is 10.3. The van der Waals surface area contributed by atoms with Crippen molar-refractivity contribution in [1.29, 1.82) is 0 Å². The van der Waals surface area contributed by atoms with Crippen molar-refractivity contribution in [2.45, 2.75) is 20.0 Å². The highest BCUT2D eigenvalue weighted by Gasteiger charge is 2.15.